The normalized spacial score (nSPS) is 10.5. The van der Waals surface area contributed by atoms with Crippen LogP contribution in [-0.4, -0.2) is 24.3 Å². The van der Waals surface area contributed by atoms with Crippen molar-refractivity contribution >= 4 is 23.3 Å². The lowest BCUT2D eigenvalue weighted by molar-refractivity contribution is -0.141. The number of carbonyl (C=O) groups is 3. The van der Waals surface area contributed by atoms with E-state index in [-0.39, 0.29) is 36.5 Å². The van der Waals surface area contributed by atoms with Crippen molar-refractivity contribution in [2.24, 2.45) is 5.92 Å². The van der Waals surface area contributed by atoms with Gasteiger partial charge in [0.2, 0.25) is 5.91 Å². The fourth-order valence-electron chi connectivity index (χ4n) is 2.37. The Morgan fingerprint density at radius 3 is 2.22 bits per heavy atom. The number of hydrogen-bond acceptors (Lipinski definition) is 4. The van der Waals surface area contributed by atoms with Crippen LogP contribution in [0, 0.1) is 11.7 Å². The van der Waals surface area contributed by atoms with E-state index in [0.717, 1.165) is 0 Å². The molecule has 1 N–H and O–H groups in total. The van der Waals surface area contributed by atoms with Crippen LogP contribution < -0.4 is 5.32 Å². The summed E-state index contributed by atoms with van der Waals surface area (Å²) in [5.41, 5.74) is 1.59. The van der Waals surface area contributed by atoms with Gasteiger partial charge in [-0.15, -0.1) is 0 Å². The van der Waals surface area contributed by atoms with Crippen molar-refractivity contribution in [1.82, 2.24) is 0 Å². The smallest absolute Gasteiger partial charge is 0.310 e. The number of hydrogen-bond donors (Lipinski definition) is 1. The second-order valence-electron chi connectivity index (χ2n) is 6.61. The molecule has 0 heterocycles. The van der Waals surface area contributed by atoms with Crippen molar-refractivity contribution in [3.8, 4) is 0 Å². The first-order chi connectivity index (χ1) is 12.8. The minimum absolute atomic E-state index is 0.0334. The molecule has 0 aliphatic carbocycles. The van der Waals surface area contributed by atoms with Gasteiger partial charge in [0.1, 0.15) is 5.82 Å². The molecule has 2 aromatic carbocycles. The molecule has 0 atom stereocenters. The number of benzene rings is 2. The highest BCUT2D eigenvalue weighted by atomic mass is 19.1. The van der Waals surface area contributed by atoms with Crippen LogP contribution in [0.1, 0.15) is 36.2 Å². The van der Waals surface area contributed by atoms with Crippen LogP contribution in [0.4, 0.5) is 10.1 Å². The largest absolute Gasteiger partial charge is 0.457 e. The second kappa shape index (κ2) is 9.62. The molecule has 0 aliphatic heterocycles. The molecule has 0 saturated carbocycles. The number of halogens is 1. The second-order valence-corrected chi connectivity index (χ2v) is 6.61. The van der Waals surface area contributed by atoms with Crippen LogP contribution in [0.3, 0.4) is 0 Å². The van der Waals surface area contributed by atoms with Gasteiger partial charge < -0.3 is 10.1 Å². The highest BCUT2D eigenvalue weighted by Gasteiger charge is 2.11. The highest BCUT2D eigenvalue weighted by Crippen LogP contribution is 2.12. The average molecular weight is 371 g/mol. The van der Waals surface area contributed by atoms with E-state index in [4.69, 9.17) is 4.74 Å². The van der Waals surface area contributed by atoms with Crippen molar-refractivity contribution in [3.63, 3.8) is 0 Å². The van der Waals surface area contributed by atoms with Gasteiger partial charge in [-0.3, -0.25) is 14.4 Å². The minimum Gasteiger partial charge on any atom is -0.457 e. The Kier molecular flexibility index (Phi) is 7.23. The Labute approximate surface area is 157 Å². The first-order valence-electron chi connectivity index (χ1n) is 8.66. The molecule has 2 aromatic rings. The molecule has 6 heteroatoms. The number of anilines is 1. The molecule has 142 valence electrons. The molecule has 1 amide bonds. The monoisotopic (exact) mass is 371 g/mol. The molecule has 2 rings (SSSR count). The zero-order chi connectivity index (χ0) is 19.8. The van der Waals surface area contributed by atoms with Crippen LogP contribution in [-0.2, 0) is 20.7 Å². The molecule has 27 heavy (non-hydrogen) atoms. The molecular formula is C21H22FNO4. The SMILES string of the molecule is CC(C)CC(=O)Nc1ccc(C(=O)COC(=O)Cc2ccc(F)cc2)cc1. The minimum atomic E-state index is -0.562. The molecule has 0 fully saturated rings. The fraction of sp³-hybridized carbons (Fsp3) is 0.286. The molecule has 0 bridgehead atoms. The summed E-state index contributed by atoms with van der Waals surface area (Å²) in [6.45, 7) is 3.54. The topological polar surface area (TPSA) is 72.5 Å². The maximum Gasteiger partial charge on any atom is 0.310 e. The predicted octanol–water partition coefficient (Wildman–Crippen LogP) is 3.78. The number of ether oxygens (including phenoxy) is 1. The summed E-state index contributed by atoms with van der Waals surface area (Å²) in [6, 6.07) is 11.9. The summed E-state index contributed by atoms with van der Waals surface area (Å²) in [7, 11) is 0. The zero-order valence-electron chi connectivity index (χ0n) is 15.3. The lowest BCUT2D eigenvalue weighted by Crippen LogP contribution is -2.16. The zero-order valence-corrected chi connectivity index (χ0v) is 15.3. The van der Waals surface area contributed by atoms with Gasteiger partial charge in [-0.2, -0.15) is 0 Å². The molecular weight excluding hydrogens is 349 g/mol. The highest BCUT2D eigenvalue weighted by molar-refractivity contribution is 5.99. The van der Waals surface area contributed by atoms with Gasteiger partial charge in [0, 0.05) is 17.7 Å². The Balaban J connectivity index is 1.82. The third kappa shape index (κ3) is 7.01. The number of esters is 1. The molecule has 0 unspecified atom stereocenters. The summed E-state index contributed by atoms with van der Waals surface area (Å²) in [5, 5.41) is 2.76. The van der Waals surface area contributed by atoms with Gasteiger partial charge in [-0.25, -0.2) is 4.39 Å². The van der Waals surface area contributed by atoms with E-state index < -0.39 is 5.97 Å². The summed E-state index contributed by atoms with van der Waals surface area (Å²) in [4.78, 5) is 35.6. The Hall–Kier alpha value is -3.02. The number of carbonyl (C=O) groups excluding carboxylic acids is 3. The lowest BCUT2D eigenvalue weighted by Gasteiger charge is -2.08. The van der Waals surface area contributed by atoms with E-state index >= 15 is 0 Å². The first-order valence-corrected chi connectivity index (χ1v) is 8.66. The van der Waals surface area contributed by atoms with Gasteiger partial charge in [0.25, 0.3) is 0 Å². The number of Topliss-reactive ketones (excluding diaryl/α,β-unsaturated/α-hetero) is 1. The first kappa shape index (κ1) is 20.3. The quantitative estimate of drug-likeness (QED) is 0.566. The third-order valence-corrected chi connectivity index (χ3v) is 3.71. The van der Waals surface area contributed by atoms with E-state index in [9.17, 15) is 18.8 Å². The van der Waals surface area contributed by atoms with E-state index in [1.165, 1.54) is 24.3 Å². The molecule has 0 saturated heterocycles. The number of amides is 1. The molecule has 0 radical (unpaired) electrons. The Morgan fingerprint density at radius 1 is 1.00 bits per heavy atom. The fourth-order valence-corrected chi connectivity index (χ4v) is 2.37. The van der Waals surface area contributed by atoms with Crippen molar-refractivity contribution < 1.29 is 23.5 Å². The van der Waals surface area contributed by atoms with Crippen molar-refractivity contribution in [2.75, 3.05) is 11.9 Å². The van der Waals surface area contributed by atoms with Crippen molar-refractivity contribution in [1.29, 1.82) is 0 Å². The van der Waals surface area contributed by atoms with Crippen LogP contribution in [0.5, 0.6) is 0 Å². The third-order valence-electron chi connectivity index (χ3n) is 3.71. The molecule has 5 nitrogen and oxygen atoms in total. The summed E-state index contributed by atoms with van der Waals surface area (Å²) in [5.74, 6) is -1.12. The Bertz CT molecular complexity index is 798. The summed E-state index contributed by atoms with van der Waals surface area (Å²) >= 11 is 0. The van der Waals surface area contributed by atoms with Gasteiger partial charge in [0.05, 0.1) is 6.42 Å². The van der Waals surface area contributed by atoms with Gasteiger partial charge in [-0.05, 0) is 47.9 Å². The van der Waals surface area contributed by atoms with E-state index in [1.807, 2.05) is 13.8 Å². The molecule has 0 spiro atoms. The predicted molar refractivity (Wildman–Crippen MR) is 99.9 cm³/mol. The molecule has 0 aliphatic rings. The van der Waals surface area contributed by atoms with Crippen molar-refractivity contribution in [3.05, 3.63) is 65.5 Å². The molecule has 0 aromatic heterocycles. The van der Waals surface area contributed by atoms with E-state index in [2.05, 4.69) is 5.32 Å². The number of rotatable bonds is 8. The van der Waals surface area contributed by atoms with Crippen LogP contribution in [0.15, 0.2) is 48.5 Å². The van der Waals surface area contributed by atoms with Gasteiger partial charge in [-0.1, -0.05) is 26.0 Å². The van der Waals surface area contributed by atoms with Crippen LogP contribution in [0.2, 0.25) is 0 Å². The standard InChI is InChI=1S/C21H22FNO4/c1-14(2)11-20(25)23-18-9-5-16(6-10-18)19(24)13-27-21(26)12-15-3-7-17(22)8-4-15/h3-10,14H,11-13H2,1-2H3,(H,23,25). The summed E-state index contributed by atoms with van der Waals surface area (Å²) < 4.78 is 17.8. The maximum absolute atomic E-state index is 12.8. The average Bonchev–Trinajstić information content (AvgIpc) is 2.61. The van der Waals surface area contributed by atoms with Gasteiger partial charge >= 0.3 is 5.97 Å². The number of nitrogens with one attached hydrogen (secondary N) is 1. The summed E-state index contributed by atoms with van der Waals surface area (Å²) in [6.07, 6.45) is 0.388. The maximum atomic E-state index is 12.8. The lowest BCUT2D eigenvalue weighted by atomic mass is 10.1. The van der Waals surface area contributed by atoms with E-state index in [1.54, 1.807) is 24.3 Å². The number of ketones is 1. The van der Waals surface area contributed by atoms with Crippen molar-refractivity contribution in [2.45, 2.75) is 26.7 Å². The van der Waals surface area contributed by atoms with Crippen LogP contribution >= 0.6 is 0 Å². The van der Waals surface area contributed by atoms with Gasteiger partial charge in [0.15, 0.2) is 12.4 Å². The van der Waals surface area contributed by atoms with Crippen LogP contribution in [0.25, 0.3) is 0 Å². The Morgan fingerprint density at radius 2 is 1.63 bits per heavy atom. The van der Waals surface area contributed by atoms with E-state index in [0.29, 0.717) is 23.2 Å².